The van der Waals surface area contributed by atoms with Crippen LogP contribution in [0.3, 0.4) is 0 Å². The van der Waals surface area contributed by atoms with Crippen LogP contribution in [0.1, 0.15) is 32.1 Å². The number of nitro benzene ring substituents is 6. The molecule has 6 aromatic carbocycles. The summed E-state index contributed by atoms with van der Waals surface area (Å²) in [7, 11) is 4.35. The van der Waals surface area contributed by atoms with Crippen LogP contribution in [-0.2, 0) is 0 Å². The highest BCUT2D eigenvalue weighted by atomic mass is 79.9. The monoisotopic (exact) mass is 1590 g/mol. The molecular weight excluding hydrogens is 1510 g/mol. The largest absolute Gasteiger partial charge is 1.00 e. The van der Waals surface area contributed by atoms with E-state index in [1.54, 1.807) is 60.7 Å². The summed E-state index contributed by atoms with van der Waals surface area (Å²) in [6, 6.07) is 33.2. The Morgan fingerprint density at radius 1 is 0.448 bits per heavy atom. The number of benzene rings is 6. The molecule has 0 saturated heterocycles. The summed E-state index contributed by atoms with van der Waals surface area (Å²) in [5.41, 5.74) is 16.1. The Kier molecular flexibility index (Phi) is 38.5. The van der Waals surface area contributed by atoms with Crippen molar-refractivity contribution in [1.29, 1.82) is 0 Å². The maximum atomic E-state index is 11.2. The molecule has 3 aliphatic rings. The molecule has 0 atom stereocenters. The summed E-state index contributed by atoms with van der Waals surface area (Å²) in [6.45, 7) is 13.0. The van der Waals surface area contributed by atoms with Crippen LogP contribution in [-0.4, -0.2) is 195 Å². The van der Waals surface area contributed by atoms with Gasteiger partial charge in [0.2, 0.25) is 0 Å². The standard InChI is InChI=1S/C25H35N7O4.C21H26N7O4S.C21H25N6O5.BrH.3ClH/c1-32(2,20-14-27-24-7-3-4-8-25(24)31(35)36)19-6-16-29-18-17-28(21-29)15-5-13-26-22-9-11-23(12-10-22)30(33)34;1-33-21-13-18(22)20(28(31)32)14-19(21)24-8-10-26-12-11-25(15-26)9-2-7-23-16-3-5-17(6-4-16)27(29)30;22-20-8-7-19(27(30)31)15-21(20)32-14-2-11-25-13-12-24(16-25)10-1-9-23-17-3-5-18(6-4-17)26(28)29;;;;/h3-4,7-12,17,26-27H,5-6,13-16,19-21H2,1-2H3;3-6,12-14,23-24H,2,7-10,15,22H2,1H3;3-8,12,15,23H,1-2,9-11,14,16,22H2;4*1H/q+2;2*+1;;;;/p-4. The molecule has 0 aromatic heterocycles. The van der Waals surface area contributed by atoms with E-state index >= 15 is 0 Å². The Hall–Kier alpha value is -10.5. The highest BCUT2D eigenvalue weighted by molar-refractivity contribution is 7.98. The van der Waals surface area contributed by atoms with Crippen LogP contribution >= 0.6 is 11.8 Å². The molecule has 0 amide bonds. The van der Waals surface area contributed by atoms with E-state index < -0.39 is 24.6 Å². The topological polar surface area (TPSA) is 400 Å². The Morgan fingerprint density at radius 3 is 1.32 bits per heavy atom. The molecule has 0 aliphatic carbocycles. The summed E-state index contributed by atoms with van der Waals surface area (Å²) in [5, 5.41) is 81.5. The van der Waals surface area contributed by atoms with Gasteiger partial charge in [-0.1, -0.05) is 12.1 Å². The predicted octanol–water partition coefficient (Wildman–Crippen LogP) is -1.47. The molecule has 0 fully saturated rings. The van der Waals surface area contributed by atoms with E-state index in [0.29, 0.717) is 42.5 Å². The Labute approximate surface area is 642 Å². The minimum absolute atomic E-state index is 0. The van der Waals surface area contributed by atoms with Crippen LogP contribution in [0.5, 0.6) is 5.75 Å². The lowest BCUT2D eigenvalue weighted by Gasteiger charge is -2.30. The third-order valence-electron chi connectivity index (χ3n) is 16.0. The van der Waals surface area contributed by atoms with Crippen molar-refractivity contribution in [1.82, 2.24) is 29.4 Å². The van der Waals surface area contributed by atoms with Crippen LogP contribution < -0.4 is 97.0 Å². The first-order valence-electron chi connectivity index (χ1n) is 32.6. The lowest BCUT2D eigenvalue weighted by atomic mass is 10.2. The zero-order valence-corrected chi connectivity index (χ0v) is 62.8. The van der Waals surface area contributed by atoms with Gasteiger partial charge in [-0.2, -0.15) is 14.7 Å². The first-order chi connectivity index (χ1) is 48.5. The number of nitrogens with two attached hydrogens (primary N) is 2. The van der Waals surface area contributed by atoms with Gasteiger partial charge < -0.3 is 116 Å². The fourth-order valence-corrected chi connectivity index (χ4v) is 11.1. The minimum Gasteiger partial charge on any atom is -1.00 e. The van der Waals surface area contributed by atoms with Crippen LogP contribution in [0.2, 0.25) is 0 Å². The van der Waals surface area contributed by atoms with Crippen molar-refractivity contribution >= 4 is 85.7 Å². The van der Waals surface area contributed by atoms with Crippen molar-refractivity contribution in [2.45, 2.75) is 37.0 Å². The lowest BCUT2D eigenvalue weighted by Crippen LogP contribution is -3.00. The molecule has 33 nitrogen and oxygen atoms in total. The van der Waals surface area contributed by atoms with Crippen LogP contribution in [0, 0.1) is 79.3 Å². The Bertz CT molecular complexity index is 3830. The van der Waals surface area contributed by atoms with E-state index in [9.17, 15) is 60.7 Å². The van der Waals surface area contributed by atoms with Crippen LogP contribution in [0.4, 0.5) is 73.9 Å². The number of nitrogens with one attached hydrogen (secondary N) is 5. The van der Waals surface area contributed by atoms with Crippen molar-refractivity contribution in [3.05, 3.63) is 225 Å². The van der Waals surface area contributed by atoms with Crippen molar-refractivity contribution < 1.29 is 93.0 Å². The number of nitrogen functional groups attached to an aromatic ring is 2. The second kappa shape index (κ2) is 45.6. The molecule has 0 spiro atoms. The molecule has 6 aromatic rings. The molecule has 0 saturated carbocycles. The third kappa shape index (κ3) is 30.4. The minimum atomic E-state index is -0.480. The molecule has 0 unspecified atom stereocenters. The van der Waals surface area contributed by atoms with E-state index in [4.69, 9.17) is 16.2 Å². The number of ether oxygens (including phenoxy) is 1. The molecule has 3 heterocycles. The summed E-state index contributed by atoms with van der Waals surface area (Å²) in [4.78, 5) is 76.4. The number of hydrogen-bond acceptors (Lipinski definition) is 27. The van der Waals surface area contributed by atoms with Gasteiger partial charge in [-0.15, -0.1) is 11.8 Å². The van der Waals surface area contributed by atoms with E-state index in [2.05, 4.69) is 83.8 Å². The highest BCUT2D eigenvalue weighted by Gasteiger charge is 2.28. The van der Waals surface area contributed by atoms with Crippen molar-refractivity contribution in [2.75, 3.05) is 170 Å². The van der Waals surface area contributed by atoms with Gasteiger partial charge in [-0.25, -0.2) is 0 Å². The SMILES string of the molecule is CSc1cc(N)c([N+](=O)[O-])cc1NCCN1C=[C+]N(CCCNc2ccc([N+](=O)[O-])cc2)C1.C[N+](C)(CCCN1[C+]=CN(CCCNc2ccc([N+](=O)[O-])cc2)C1)CCNc1ccccc1[N+](=O)[O-].Nc1ccc([N+](=O)[O-])cc1OCCCN1[C+]=CN(CCCNc2ccc([N+](=O)[O-])cc2)C1.[Br-].[Cl-].[Cl-].[Cl-]. The number of anilines is 7. The lowest BCUT2D eigenvalue weighted by molar-refractivity contribution is -0.888. The maximum Gasteiger partial charge on any atom is 0.391 e. The number of non-ortho nitro benzene ring substituents is 4. The van der Waals surface area contributed by atoms with Gasteiger partial charge in [0, 0.05) is 135 Å². The number of para-hydroxylation sites is 2. The quantitative estimate of drug-likeness (QED) is 0.00440. The Morgan fingerprint density at radius 2 is 0.867 bits per heavy atom. The fourth-order valence-electron chi connectivity index (χ4n) is 10.5. The first kappa shape index (κ1) is 88.7. The second-order valence-electron chi connectivity index (χ2n) is 24.1. The van der Waals surface area contributed by atoms with E-state index in [1.165, 1.54) is 78.5 Å². The third-order valence-corrected chi connectivity index (χ3v) is 16.8. The van der Waals surface area contributed by atoms with Gasteiger partial charge >= 0.3 is 18.6 Å². The molecule has 38 heteroatoms. The Balaban J connectivity index is 0.000000402. The predicted molar refractivity (Wildman–Crippen MR) is 390 cm³/mol. The number of quaternary nitrogens is 1. The zero-order valence-electron chi connectivity index (χ0n) is 58.1. The first-order valence-corrected chi connectivity index (χ1v) is 33.8. The molecular formula is C67H86BrCl3N20O13S. The second-order valence-corrected chi connectivity index (χ2v) is 24.9. The summed E-state index contributed by atoms with van der Waals surface area (Å²) in [5.74, 6) is 0.322. The molecule has 9 rings (SSSR count). The van der Waals surface area contributed by atoms with E-state index in [0.717, 1.165) is 151 Å². The number of nitro groups is 6. The van der Waals surface area contributed by atoms with Gasteiger partial charge in [0.15, 0.2) is 0 Å². The van der Waals surface area contributed by atoms with E-state index in [-0.39, 0.29) is 98.9 Å². The molecule has 0 radical (unpaired) electrons. The number of halogens is 4. The normalized spacial score (nSPS) is 12.2. The smallest absolute Gasteiger partial charge is 0.391 e. The number of likely N-dealkylation sites (N-methyl/N-ethyl adjacent to an activating group) is 1. The maximum absolute atomic E-state index is 11.2. The van der Waals surface area contributed by atoms with Crippen LogP contribution in [0.15, 0.2) is 151 Å². The summed E-state index contributed by atoms with van der Waals surface area (Å²) in [6.07, 6.45) is 21.9. The highest BCUT2D eigenvalue weighted by Crippen LogP contribution is 2.35. The molecule has 566 valence electrons. The van der Waals surface area contributed by atoms with Crippen molar-refractivity contribution in [3.63, 3.8) is 0 Å². The van der Waals surface area contributed by atoms with Crippen molar-refractivity contribution in [3.8, 4) is 5.75 Å². The summed E-state index contributed by atoms with van der Waals surface area (Å²) < 4.78 is 6.43. The van der Waals surface area contributed by atoms with Gasteiger partial charge in [0.1, 0.15) is 37.1 Å². The number of thioether (sulfide) groups is 1. The van der Waals surface area contributed by atoms with E-state index in [1.807, 2.05) is 29.8 Å². The van der Waals surface area contributed by atoms with Crippen LogP contribution in [0.25, 0.3) is 0 Å². The average molecular weight is 1600 g/mol. The van der Waals surface area contributed by atoms with Gasteiger partial charge in [-0.3, -0.25) is 60.7 Å². The molecule has 9 N–H and O–H groups in total. The number of nitrogens with zero attached hydrogens (tertiary/aromatic N) is 13. The molecule has 0 bridgehead atoms. The number of hydrogen-bond donors (Lipinski definition) is 7. The fraction of sp³-hybridized carbons (Fsp3) is 0.373. The molecule has 3 aliphatic heterocycles. The molecule has 105 heavy (non-hydrogen) atoms. The van der Waals surface area contributed by atoms with Gasteiger partial charge in [-0.05, 0) is 80.1 Å². The zero-order chi connectivity index (χ0) is 72.7. The van der Waals surface area contributed by atoms with Gasteiger partial charge in [0.25, 0.3) is 52.7 Å². The van der Waals surface area contributed by atoms with Gasteiger partial charge in [0.05, 0.1) is 107 Å². The van der Waals surface area contributed by atoms with Crippen molar-refractivity contribution in [2.24, 2.45) is 0 Å². The average Bonchev–Trinajstić information content (AvgIpc) is 1.76. The number of rotatable bonds is 39. The summed E-state index contributed by atoms with van der Waals surface area (Å²) >= 11 is 1.48.